The lowest BCUT2D eigenvalue weighted by atomic mass is 10.1. The summed E-state index contributed by atoms with van der Waals surface area (Å²) in [6.07, 6.45) is 2.83. The van der Waals surface area contributed by atoms with E-state index in [1.807, 2.05) is 6.07 Å². The molecule has 0 saturated heterocycles. The summed E-state index contributed by atoms with van der Waals surface area (Å²) in [6, 6.07) is 4.19. The molecule has 1 aromatic rings. The van der Waals surface area contributed by atoms with E-state index >= 15 is 0 Å². The molecule has 1 aliphatic heterocycles. The van der Waals surface area contributed by atoms with Gasteiger partial charge in [0, 0.05) is 24.3 Å². The number of aromatic nitrogens is 1. The highest BCUT2D eigenvalue weighted by molar-refractivity contribution is 6.29. The molecule has 0 aliphatic carbocycles. The fraction of sp³-hybridized carbons (Fsp3) is 0.400. The van der Waals surface area contributed by atoms with Gasteiger partial charge in [-0.2, -0.15) is 0 Å². The van der Waals surface area contributed by atoms with E-state index in [0.717, 1.165) is 24.4 Å². The van der Waals surface area contributed by atoms with Crippen LogP contribution in [0, 0.1) is 0 Å². The topological polar surface area (TPSA) is 37.3 Å². The first-order valence-corrected chi connectivity index (χ1v) is 5.06. The van der Waals surface area contributed by atoms with Crippen molar-refractivity contribution >= 4 is 17.4 Å². The molecule has 1 unspecified atom stereocenters. The average molecular weight is 210 g/mol. The second-order valence-electron chi connectivity index (χ2n) is 3.43. The van der Waals surface area contributed by atoms with Crippen LogP contribution >= 0.6 is 11.6 Å². The third-order valence-electron chi connectivity index (χ3n) is 2.22. The third kappa shape index (κ3) is 2.04. The molecule has 0 fully saturated rings. The van der Waals surface area contributed by atoms with Gasteiger partial charge in [0.2, 0.25) is 0 Å². The van der Waals surface area contributed by atoms with Crippen LogP contribution in [0.4, 0.5) is 0 Å². The molecule has 0 bridgehead atoms. The number of hydrogen-bond acceptors (Lipinski definition) is 3. The van der Waals surface area contributed by atoms with E-state index in [1.54, 1.807) is 12.3 Å². The van der Waals surface area contributed by atoms with Crippen molar-refractivity contribution in [2.45, 2.75) is 19.4 Å². The lowest BCUT2D eigenvalue weighted by molar-refractivity contribution is 0.588. The molecule has 3 nitrogen and oxygen atoms in total. The van der Waals surface area contributed by atoms with Gasteiger partial charge in [-0.1, -0.05) is 11.6 Å². The molecule has 1 N–H and O–H groups in total. The van der Waals surface area contributed by atoms with E-state index in [0.29, 0.717) is 11.2 Å². The molecule has 0 radical (unpaired) electrons. The Kier molecular flexibility index (Phi) is 2.68. The molecule has 0 spiro atoms. The van der Waals surface area contributed by atoms with Crippen LogP contribution in [-0.4, -0.2) is 23.4 Å². The Hall–Kier alpha value is -1.09. The number of pyridine rings is 1. The highest BCUT2D eigenvalue weighted by Gasteiger charge is 2.12. The zero-order valence-corrected chi connectivity index (χ0v) is 8.75. The summed E-state index contributed by atoms with van der Waals surface area (Å²) < 4.78 is 0. The van der Waals surface area contributed by atoms with Crippen molar-refractivity contribution in [2.75, 3.05) is 6.54 Å². The average Bonchev–Trinajstić information content (AvgIpc) is 2.19. The van der Waals surface area contributed by atoms with E-state index in [-0.39, 0.29) is 0 Å². The van der Waals surface area contributed by atoms with Crippen molar-refractivity contribution in [3.05, 3.63) is 29.0 Å². The summed E-state index contributed by atoms with van der Waals surface area (Å²) in [6.45, 7) is 3.03. The Labute approximate surface area is 88.2 Å². The first kappa shape index (κ1) is 9.46. The fourth-order valence-electron chi connectivity index (χ4n) is 1.41. The summed E-state index contributed by atoms with van der Waals surface area (Å²) >= 11 is 5.71. The maximum absolute atomic E-state index is 5.71. The lowest BCUT2D eigenvalue weighted by Gasteiger charge is -2.21. The third-order valence-corrected chi connectivity index (χ3v) is 2.44. The Morgan fingerprint density at radius 2 is 2.36 bits per heavy atom. The van der Waals surface area contributed by atoms with Gasteiger partial charge in [-0.25, -0.2) is 4.98 Å². The highest BCUT2D eigenvalue weighted by atomic mass is 35.5. The number of halogens is 1. The SMILES string of the molecule is CC1CCN=C(c2ccc(Cl)nc2)N1. The van der Waals surface area contributed by atoms with Crippen molar-refractivity contribution in [2.24, 2.45) is 4.99 Å². The molecule has 1 aromatic heterocycles. The maximum Gasteiger partial charge on any atom is 0.130 e. The summed E-state index contributed by atoms with van der Waals surface area (Å²) in [5.41, 5.74) is 1.00. The minimum absolute atomic E-state index is 0.484. The molecule has 1 aliphatic rings. The second-order valence-corrected chi connectivity index (χ2v) is 3.82. The predicted octanol–water partition coefficient (Wildman–Crippen LogP) is 1.86. The number of nitrogens with one attached hydrogen (secondary N) is 1. The zero-order valence-electron chi connectivity index (χ0n) is 8.00. The molecule has 0 saturated carbocycles. The van der Waals surface area contributed by atoms with Gasteiger partial charge < -0.3 is 5.32 Å². The minimum atomic E-state index is 0.484. The molecule has 2 rings (SSSR count). The van der Waals surface area contributed by atoms with Gasteiger partial charge in [-0.05, 0) is 25.5 Å². The first-order valence-electron chi connectivity index (χ1n) is 4.68. The van der Waals surface area contributed by atoms with Crippen LogP contribution in [0.1, 0.15) is 18.9 Å². The van der Waals surface area contributed by atoms with Gasteiger partial charge in [0.1, 0.15) is 11.0 Å². The monoisotopic (exact) mass is 209 g/mol. The Bertz CT molecular complexity index is 345. The molecule has 0 aromatic carbocycles. The normalized spacial score (nSPS) is 21.3. The summed E-state index contributed by atoms with van der Waals surface area (Å²) in [5, 5.41) is 3.83. The molecule has 14 heavy (non-hydrogen) atoms. The molecule has 4 heteroatoms. The largest absolute Gasteiger partial charge is 0.367 e. The maximum atomic E-state index is 5.71. The van der Waals surface area contributed by atoms with E-state index in [2.05, 4.69) is 22.2 Å². The van der Waals surface area contributed by atoms with Crippen molar-refractivity contribution in [3.63, 3.8) is 0 Å². The zero-order chi connectivity index (χ0) is 9.97. The molecular weight excluding hydrogens is 198 g/mol. The number of aliphatic imine (C=N–C) groups is 1. The quantitative estimate of drug-likeness (QED) is 0.717. The van der Waals surface area contributed by atoms with Crippen molar-refractivity contribution in [1.82, 2.24) is 10.3 Å². The Morgan fingerprint density at radius 3 is 3.00 bits per heavy atom. The van der Waals surface area contributed by atoms with E-state index in [4.69, 9.17) is 11.6 Å². The van der Waals surface area contributed by atoms with Crippen LogP contribution in [0.25, 0.3) is 0 Å². The van der Waals surface area contributed by atoms with E-state index in [1.165, 1.54) is 0 Å². The Morgan fingerprint density at radius 1 is 1.50 bits per heavy atom. The van der Waals surface area contributed by atoms with Gasteiger partial charge >= 0.3 is 0 Å². The van der Waals surface area contributed by atoms with Crippen LogP contribution < -0.4 is 5.32 Å². The molecule has 1 atom stereocenters. The molecular formula is C10H12ClN3. The number of rotatable bonds is 1. The second kappa shape index (κ2) is 3.96. The molecule has 74 valence electrons. The standard InChI is InChI=1S/C10H12ClN3/c1-7-4-5-12-10(14-7)8-2-3-9(11)13-6-8/h2-3,6-7H,4-5H2,1H3,(H,12,14). The summed E-state index contributed by atoms with van der Waals surface area (Å²) in [7, 11) is 0. The summed E-state index contributed by atoms with van der Waals surface area (Å²) in [4.78, 5) is 8.43. The van der Waals surface area contributed by atoms with Gasteiger partial charge in [-0.3, -0.25) is 4.99 Å². The van der Waals surface area contributed by atoms with Gasteiger partial charge in [0.15, 0.2) is 0 Å². The van der Waals surface area contributed by atoms with Gasteiger partial charge in [0.05, 0.1) is 0 Å². The first-order chi connectivity index (χ1) is 6.75. The Balaban J connectivity index is 2.22. The smallest absolute Gasteiger partial charge is 0.130 e. The molecule has 2 heterocycles. The van der Waals surface area contributed by atoms with Crippen molar-refractivity contribution < 1.29 is 0 Å². The number of amidine groups is 1. The number of nitrogens with zero attached hydrogens (tertiary/aromatic N) is 2. The minimum Gasteiger partial charge on any atom is -0.367 e. The van der Waals surface area contributed by atoms with Crippen LogP contribution in [0.5, 0.6) is 0 Å². The van der Waals surface area contributed by atoms with Gasteiger partial charge in [0.25, 0.3) is 0 Å². The fourth-order valence-corrected chi connectivity index (χ4v) is 1.52. The predicted molar refractivity (Wildman–Crippen MR) is 57.9 cm³/mol. The van der Waals surface area contributed by atoms with Gasteiger partial charge in [-0.15, -0.1) is 0 Å². The lowest BCUT2D eigenvalue weighted by Crippen LogP contribution is -2.37. The van der Waals surface area contributed by atoms with E-state index in [9.17, 15) is 0 Å². The van der Waals surface area contributed by atoms with Crippen LogP contribution in [-0.2, 0) is 0 Å². The number of hydrogen-bond donors (Lipinski definition) is 1. The van der Waals surface area contributed by atoms with Crippen molar-refractivity contribution in [1.29, 1.82) is 0 Å². The van der Waals surface area contributed by atoms with Crippen LogP contribution in [0.15, 0.2) is 23.3 Å². The van der Waals surface area contributed by atoms with Crippen molar-refractivity contribution in [3.8, 4) is 0 Å². The van der Waals surface area contributed by atoms with E-state index < -0.39 is 0 Å². The van der Waals surface area contributed by atoms with Crippen LogP contribution in [0.2, 0.25) is 5.15 Å². The van der Waals surface area contributed by atoms with Crippen LogP contribution in [0.3, 0.4) is 0 Å². The summed E-state index contributed by atoms with van der Waals surface area (Å²) in [5.74, 6) is 0.924. The molecule has 0 amide bonds. The highest BCUT2D eigenvalue weighted by Crippen LogP contribution is 2.08.